The predicted molar refractivity (Wildman–Crippen MR) is 78.0 cm³/mol. The van der Waals surface area contributed by atoms with Crippen LogP contribution < -0.4 is 5.32 Å². The van der Waals surface area contributed by atoms with Gasteiger partial charge in [-0.05, 0) is 18.6 Å². The maximum Gasteiger partial charge on any atom is 0.257 e. The van der Waals surface area contributed by atoms with Crippen molar-refractivity contribution in [3.8, 4) is 0 Å². The summed E-state index contributed by atoms with van der Waals surface area (Å²) < 4.78 is 0. The second kappa shape index (κ2) is 6.38. The van der Waals surface area contributed by atoms with Crippen molar-refractivity contribution in [3.05, 3.63) is 40.4 Å². The molecule has 0 saturated heterocycles. The number of rotatable bonds is 5. The summed E-state index contributed by atoms with van der Waals surface area (Å²) in [4.78, 5) is 23.4. The van der Waals surface area contributed by atoms with Gasteiger partial charge >= 0.3 is 0 Å². The Morgan fingerprint density at radius 3 is 2.70 bits per heavy atom. The van der Waals surface area contributed by atoms with Gasteiger partial charge in [-0.15, -0.1) is 10.2 Å². The van der Waals surface area contributed by atoms with Crippen LogP contribution in [0.15, 0.2) is 24.3 Å². The number of aromatic nitrogens is 2. The number of nitrogens with zero attached hydrogens (tertiary/aromatic N) is 2. The Balaban J connectivity index is 2.05. The van der Waals surface area contributed by atoms with E-state index in [0.29, 0.717) is 22.1 Å². The van der Waals surface area contributed by atoms with Crippen molar-refractivity contribution >= 4 is 28.2 Å². The van der Waals surface area contributed by atoms with Crippen LogP contribution in [0.5, 0.6) is 0 Å². The molecule has 1 N–H and O–H groups in total. The van der Waals surface area contributed by atoms with Crippen LogP contribution in [-0.4, -0.2) is 21.9 Å². The highest BCUT2D eigenvalue weighted by atomic mass is 32.1. The number of aryl methyl sites for hydroxylation is 1. The summed E-state index contributed by atoms with van der Waals surface area (Å²) in [6.45, 7) is 3.69. The van der Waals surface area contributed by atoms with E-state index >= 15 is 0 Å². The second-order valence-electron chi connectivity index (χ2n) is 4.34. The lowest BCUT2D eigenvalue weighted by Gasteiger charge is -2.03. The number of hydrogen-bond acceptors (Lipinski definition) is 5. The van der Waals surface area contributed by atoms with Gasteiger partial charge in [-0.3, -0.25) is 14.9 Å². The highest BCUT2D eigenvalue weighted by Gasteiger charge is 2.13. The topological polar surface area (TPSA) is 72.0 Å². The van der Waals surface area contributed by atoms with Crippen LogP contribution in [0.3, 0.4) is 0 Å². The molecule has 6 heteroatoms. The molecule has 0 aliphatic carbocycles. The highest BCUT2D eigenvalue weighted by Crippen LogP contribution is 2.18. The Kier molecular flexibility index (Phi) is 4.57. The van der Waals surface area contributed by atoms with Crippen LogP contribution in [0, 0.1) is 6.92 Å². The summed E-state index contributed by atoms with van der Waals surface area (Å²) in [6.07, 6.45) is 0.749. The first-order chi connectivity index (χ1) is 9.60. The molecule has 1 amide bonds. The lowest BCUT2D eigenvalue weighted by molar-refractivity contribution is -0.118. The Labute approximate surface area is 121 Å². The SMILES string of the molecule is CCC(=O)Cc1nnc(NC(=O)c2ccccc2C)s1. The lowest BCUT2D eigenvalue weighted by Crippen LogP contribution is -2.12. The number of carbonyl (C=O) groups is 2. The molecule has 2 aromatic rings. The van der Waals surface area contributed by atoms with Gasteiger partial charge in [0.25, 0.3) is 5.91 Å². The fourth-order valence-corrected chi connectivity index (χ4v) is 2.42. The molecule has 1 aromatic heterocycles. The molecular weight excluding hydrogens is 274 g/mol. The molecule has 1 heterocycles. The van der Waals surface area contributed by atoms with Gasteiger partial charge in [0.2, 0.25) is 5.13 Å². The third-order valence-electron chi connectivity index (χ3n) is 2.82. The molecule has 0 unspecified atom stereocenters. The fraction of sp³-hybridized carbons (Fsp3) is 0.286. The van der Waals surface area contributed by atoms with Crippen molar-refractivity contribution in [2.24, 2.45) is 0 Å². The highest BCUT2D eigenvalue weighted by molar-refractivity contribution is 7.15. The van der Waals surface area contributed by atoms with E-state index in [4.69, 9.17) is 0 Å². The van der Waals surface area contributed by atoms with E-state index < -0.39 is 0 Å². The predicted octanol–water partition coefficient (Wildman–Crippen LogP) is 2.62. The van der Waals surface area contributed by atoms with Crippen molar-refractivity contribution in [2.75, 3.05) is 5.32 Å². The van der Waals surface area contributed by atoms with Gasteiger partial charge in [0.1, 0.15) is 10.8 Å². The molecule has 0 bridgehead atoms. The van der Waals surface area contributed by atoms with Crippen LogP contribution >= 0.6 is 11.3 Å². The van der Waals surface area contributed by atoms with E-state index in [0.717, 1.165) is 5.56 Å². The molecule has 0 radical (unpaired) electrons. The van der Waals surface area contributed by atoms with Crippen molar-refractivity contribution < 1.29 is 9.59 Å². The smallest absolute Gasteiger partial charge is 0.257 e. The number of nitrogens with one attached hydrogen (secondary N) is 1. The molecule has 0 saturated carbocycles. The molecule has 5 nitrogen and oxygen atoms in total. The van der Waals surface area contributed by atoms with Gasteiger partial charge in [0, 0.05) is 12.0 Å². The molecular formula is C14H15N3O2S. The first-order valence-electron chi connectivity index (χ1n) is 6.31. The minimum Gasteiger partial charge on any atom is -0.299 e. The number of amides is 1. The minimum absolute atomic E-state index is 0.109. The molecule has 104 valence electrons. The van der Waals surface area contributed by atoms with Crippen molar-refractivity contribution in [1.29, 1.82) is 0 Å². The summed E-state index contributed by atoms with van der Waals surface area (Å²) in [6, 6.07) is 7.33. The van der Waals surface area contributed by atoms with Crippen LogP contribution in [0.2, 0.25) is 0 Å². The third-order valence-corrected chi connectivity index (χ3v) is 3.66. The molecule has 0 aliphatic rings. The molecule has 0 aliphatic heterocycles. The number of hydrogen-bond donors (Lipinski definition) is 1. The van der Waals surface area contributed by atoms with E-state index in [9.17, 15) is 9.59 Å². The van der Waals surface area contributed by atoms with Crippen molar-refractivity contribution in [2.45, 2.75) is 26.7 Å². The molecule has 2 rings (SSSR count). The average molecular weight is 289 g/mol. The molecule has 0 spiro atoms. The van der Waals surface area contributed by atoms with E-state index in [1.165, 1.54) is 11.3 Å². The van der Waals surface area contributed by atoms with Gasteiger partial charge in [-0.2, -0.15) is 0 Å². The first kappa shape index (κ1) is 14.3. The third kappa shape index (κ3) is 3.48. The summed E-state index contributed by atoms with van der Waals surface area (Å²) in [5.41, 5.74) is 1.50. The number of carbonyl (C=O) groups excluding carboxylic acids is 2. The summed E-state index contributed by atoms with van der Waals surface area (Å²) in [7, 11) is 0. The largest absolute Gasteiger partial charge is 0.299 e. The summed E-state index contributed by atoms with van der Waals surface area (Å²) in [5, 5.41) is 11.5. The Morgan fingerprint density at radius 1 is 1.25 bits per heavy atom. The summed E-state index contributed by atoms with van der Waals surface area (Å²) >= 11 is 1.23. The first-order valence-corrected chi connectivity index (χ1v) is 7.13. The Hall–Kier alpha value is -2.08. The maximum absolute atomic E-state index is 12.1. The Bertz CT molecular complexity index is 637. The van der Waals surface area contributed by atoms with Crippen LogP contribution in [-0.2, 0) is 11.2 Å². The zero-order chi connectivity index (χ0) is 14.5. The van der Waals surface area contributed by atoms with Crippen LogP contribution in [0.25, 0.3) is 0 Å². The van der Waals surface area contributed by atoms with Gasteiger partial charge in [-0.25, -0.2) is 0 Å². The summed E-state index contributed by atoms with van der Waals surface area (Å²) in [5.74, 6) is -0.106. The fourth-order valence-electron chi connectivity index (χ4n) is 1.66. The monoisotopic (exact) mass is 289 g/mol. The zero-order valence-corrected chi connectivity index (χ0v) is 12.2. The number of benzene rings is 1. The van der Waals surface area contributed by atoms with Gasteiger partial charge in [0.05, 0.1) is 6.42 Å². The number of ketones is 1. The normalized spacial score (nSPS) is 10.3. The van der Waals surface area contributed by atoms with E-state index in [1.54, 1.807) is 6.07 Å². The van der Waals surface area contributed by atoms with Crippen LogP contribution in [0.4, 0.5) is 5.13 Å². The Morgan fingerprint density at radius 2 is 2.00 bits per heavy atom. The number of Topliss-reactive ketones (excluding diaryl/α,β-unsaturated/α-hetero) is 1. The lowest BCUT2D eigenvalue weighted by atomic mass is 10.1. The molecule has 20 heavy (non-hydrogen) atoms. The van der Waals surface area contributed by atoms with Gasteiger partial charge in [0.15, 0.2) is 0 Å². The van der Waals surface area contributed by atoms with E-state index in [-0.39, 0.29) is 18.1 Å². The second-order valence-corrected chi connectivity index (χ2v) is 5.40. The molecule has 0 atom stereocenters. The zero-order valence-electron chi connectivity index (χ0n) is 11.3. The van der Waals surface area contributed by atoms with Crippen LogP contribution in [0.1, 0.15) is 34.3 Å². The standard InChI is InChI=1S/C14H15N3O2S/c1-3-10(18)8-12-16-17-14(20-12)15-13(19)11-7-5-4-6-9(11)2/h4-7H,3,8H2,1-2H3,(H,15,17,19). The minimum atomic E-state index is -0.215. The molecule has 0 fully saturated rings. The molecule has 1 aromatic carbocycles. The number of anilines is 1. The average Bonchev–Trinajstić information content (AvgIpc) is 2.86. The van der Waals surface area contributed by atoms with Crippen molar-refractivity contribution in [1.82, 2.24) is 10.2 Å². The maximum atomic E-state index is 12.1. The quantitative estimate of drug-likeness (QED) is 0.918. The van der Waals surface area contributed by atoms with E-state index in [1.807, 2.05) is 32.0 Å². The van der Waals surface area contributed by atoms with Crippen molar-refractivity contribution in [3.63, 3.8) is 0 Å². The van der Waals surface area contributed by atoms with Gasteiger partial charge in [-0.1, -0.05) is 36.5 Å². The van der Waals surface area contributed by atoms with Gasteiger partial charge < -0.3 is 0 Å². The van der Waals surface area contributed by atoms with E-state index in [2.05, 4.69) is 15.5 Å².